The number of carbonyl (C=O) groups is 1. The van der Waals surface area contributed by atoms with Crippen molar-refractivity contribution >= 4 is 58.1 Å². The van der Waals surface area contributed by atoms with Crippen LogP contribution in [0.5, 0.6) is 11.5 Å². The number of aliphatic hydroxyl groups excluding tert-OH is 2. The fourth-order valence-corrected chi connectivity index (χ4v) is 10.0. The number of imidazole rings is 2. The van der Waals surface area contributed by atoms with Gasteiger partial charge < -0.3 is 45.7 Å². The number of hydrogen-bond acceptors (Lipinski definition) is 20. The number of nitrogens with zero attached hydrogens (tertiary/aromatic N) is 8. The topological polar surface area (TPSA) is 289 Å². The summed E-state index contributed by atoms with van der Waals surface area (Å²) in [6.45, 7) is -5.16. The zero-order valence-electron chi connectivity index (χ0n) is 30.5. The highest BCUT2D eigenvalue weighted by Crippen LogP contribution is 2.64. The maximum absolute atomic E-state index is 14.9. The normalized spacial score (nSPS) is 24.4. The van der Waals surface area contributed by atoms with E-state index in [4.69, 9.17) is 39.5 Å². The van der Waals surface area contributed by atoms with Crippen LogP contribution < -0.4 is 16.2 Å². The zero-order chi connectivity index (χ0) is 40.6. The number of phenolic OH excluding ortho intramolecular Hbond substituents is 1. The number of anilines is 2. The fourth-order valence-electron chi connectivity index (χ4n) is 6.61. The molecule has 0 radical (unpaired) electrons. The molecule has 23 heteroatoms. The van der Waals surface area contributed by atoms with Crippen molar-refractivity contribution in [3.63, 3.8) is 0 Å². The number of phenols is 1. The van der Waals surface area contributed by atoms with E-state index in [-0.39, 0.29) is 47.5 Å². The van der Waals surface area contributed by atoms with Crippen LogP contribution in [0.1, 0.15) is 34.8 Å². The fraction of sp³-hybridized carbons (Fsp3) is 0.343. The Bertz CT molecular complexity index is 2460. The molecule has 6 heterocycles. The molecule has 6 aromatic rings. The van der Waals surface area contributed by atoms with Gasteiger partial charge in [-0.1, -0.05) is 12.1 Å². The van der Waals surface area contributed by atoms with Gasteiger partial charge in [0.25, 0.3) is 0 Å². The summed E-state index contributed by atoms with van der Waals surface area (Å²) in [5.41, 5.74) is 14.3. The van der Waals surface area contributed by atoms with Gasteiger partial charge in [-0.05, 0) is 53.3 Å². The first-order chi connectivity index (χ1) is 28.0. The van der Waals surface area contributed by atoms with Gasteiger partial charge in [0.1, 0.15) is 65.8 Å². The standard InChI is InChI=1S/C35H37N10O11PS/c1-51-29-28(23(11-46)55-34(29)45-17-43-27-31(37)39-15-41-33(27)45)56-57(50,58-13-18-2-8-21(9-3-18)53-35(49)19-4-6-20(47)7-5-19)52-12-24-22(48)10-25(54-24)44-16-42-26-30(36)38-14-40-32(26)44/h2-9,14-17,22-25,28-29,34,46-48H,10-13H2,1H3,(H2,36,38,40)(H2,37,39,41)/t22?,23-,24-,25-,28?,29?,34-,57?/m1/s1. The smallest absolute Gasteiger partial charge is 0.389 e. The molecule has 2 saturated heterocycles. The summed E-state index contributed by atoms with van der Waals surface area (Å²) in [6.07, 6.45) is -1.19. The number of aromatic hydroxyl groups is 1. The Hall–Kier alpha value is -5.29. The molecule has 0 amide bonds. The van der Waals surface area contributed by atoms with Gasteiger partial charge in [-0.25, -0.2) is 39.3 Å². The maximum atomic E-state index is 14.9. The molecule has 2 aliphatic rings. The van der Waals surface area contributed by atoms with Gasteiger partial charge in [-0.2, -0.15) is 0 Å². The van der Waals surface area contributed by atoms with Gasteiger partial charge in [-0.15, -0.1) is 0 Å². The van der Waals surface area contributed by atoms with Gasteiger partial charge >= 0.3 is 12.8 Å². The van der Waals surface area contributed by atoms with E-state index in [0.717, 1.165) is 11.4 Å². The lowest BCUT2D eigenvalue weighted by molar-refractivity contribution is -0.0583. The summed E-state index contributed by atoms with van der Waals surface area (Å²) in [4.78, 5) is 37.7. The van der Waals surface area contributed by atoms with Crippen LogP contribution in [-0.4, -0.2) is 111 Å². The molecule has 2 fully saturated rings. The molecule has 7 N–H and O–H groups in total. The van der Waals surface area contributed by atoms with Gasteiger partial charge in [0.15, 0.2) is 29.2 Å². The second kappa shape index (κ2) is 16.5. The van der Waals surface area contributed by atoms with Crippen molar-refractivity contribution in [2.45, 2.75) is 55.1 Å². The minimum atomic E-state index is -4.26. The predicted octanol–water partition coefficient (Wildman–Crippen LogP) is 2.75. The van der Waals surface area contributed by atoms with E-state index in [1.165, 1.54) is 56.7 Å². The van der Waals surface area contributed by atoms with E-state index < -0.39 is 62.3 Å². The second-order valence-electron chi connectivity index (χ2n) is 13.2. The first-order valence-electron chi connectivity index (χ1n) is 17.7. The molecular formula is C35H37N10O11PS. The van der Waals surface area contributed by atoms with Crippen molar-refractivity contribution in [1.29, 1.82) is 0 Å². The van der Waals surface area contributed by atoms with E-state index in [0.29, 0.717) is 27.9 Å². The molecule has 21 nitrogen and oxygen atoms in total. The average Bonchev–Trinajstić information content (AvgIpc) is 4.02. The minimum absolute atomic E-state index is 0.0156. The van der Waals surface area contributed by atoms with Crippen LogP contribution >= 0.6 is 18.2 Å². The number of esters is 1. The summed E-state index contributed by atoms with van der Waals surface area (Å²) >= 11 is 0.844. The van der Waals surface area contributed by atoms with Crippen LogP contribution in [0.3, 0.4) is 0 Å². The number of rotatable bonds is 14. The predicted molar refractivity (Wildman–Crippen MR) is 205 cm³/mol. The number of nitrogens with two attached hydrogens (primary N) is 2. The van der Waals surface area contributed by atoms with Crippen LogP contribution in [0.4, 0.5) is 11.6 Å². The molecule has 4 aromatic heterocycles. The van der Waals surface area contributed by atoms with Crippen molar-refractivity contribution in [2.75, 3.05) is 31.8 Å². The Labute approximate surface area is 332 Å². The Morgan fingerprint density at radius 1 is 0.897 bits per heavy atom. The third-order valence-corrected chi connectivity index (χ3v) is 13.2. The van der Waals surface area contributed by atoms with E-state index in [9.17, 15) is 24.7 Å². The van der Waals surface area contributed by atoms with E-state index >= 15 is 0 Å². The Kier molecular flexibility index (Phi) is 11.3. The molecule has 8 rings (SSSR count). The molecule has 8 atom stereocenters. The quantitative estimate of drug-likeness (QED) is 0.0599. The number of aromatic nitrogens is 8. The first-order valence-corrected chi connectivity index (χ1v) is 20.8. The van der Waals surface area contributed by atoms with E-state index in [1.54, 1.807) is 33.4 Å². The van der Waals surface area contributed by atoms with E-state index in [1.807, 2.05) is 0 Å². The number of ether oxygens (including phenoxy) is 4. The van der Waals surface area contributed by atoms with Gasteiger partial charge in [-0.3, -0.25) is 18.2 Å². The molecule has 0 aliphatic carbocycles. The van der Waals surface area contributed by atoms with Crippen molar-refractivity contribution < 1.29 is 52.7 Å². The van der Waals surface area contributed by atoms with Crippen LogP contribution in [0.2, 0.25) is 0 Å². The monoisotopic (exact) mass is 836 g/mol. The van der Waals surface area contributed by atoms with Crippen LogP contribution in [0, 0.1) is 0 Å². The van der Waals surface area contributed by atoms with E-state index in [2.05, 4.69) is 29.9 Å². The first kappa shape index (κ1) is 39.5. The molecular weight excluding hydrogens is 799 g/mol. The lowest BCUT2D eigenvalue weighted by Crippen LogP contribution is -2.37. The summed E-state index contributed by atoms with van der Waals surface area (Å²) in [5, 5.41) is 31.1. The maximum Gasteiger partial charge on any atom is 0.389 e. The number of hydrogen-bond donors (Lipinski definition) is 5. The van der Waals surface area contributed by atoms with Crippen LogP contribution in [0.25, 0.3) is 22.3 Å². The number of nitrogen functional groups attached to an aromatic ring is 2. The summed E-state index contributed by atoms with van der Waals surface area (Å²) in [6, 6.07) is 12.1. The molecule has 0 spiro atoms. The number of methoxy groups -OCH3 is 1. The Morgan fingerprint density at radius 2 is 1.55 bits per heavy atom. The van der Waals surface area contributed by atoms with Gasteiger partial charge in [0, 0.05) is 19.3 Å². The highest BCUT2D eigenvalue weighted by Gasteiger charge is 2.51. The largest absolute Gasteiger partial charge is 0.508 e. The SMILES string of the molecule is COC1C(OP(=O)(OC[C@H]2O[C@@H](n3cnc4c(N)ncnc43)CC2O)SCc2ccc(OC(=O)c3ccc(O)cc3)cc2)[C@@H](CO)O[C@H]1n1cnc2c(N)ncnc21. The summed E-state index contributed by atoms with van der Waals surface area (Å²) < 4.78 is 54.1. The van der Waals surface area contributed by atoms with Gasteiger partial charge in [0.2, 0.25) is 0 Å². The van der Waals surface area contributed by atoms with Crippen LogP contribution in [0.15, 0.2) is 73.8 Å². The Morgan fingerprint density at radius 3 is 2.21 bits per heavy atom. The van der Waals surface area contributed by atoms with Crippen LogP contribution in [-0.2, 0) is 33.6 Å². The number of benzene rings is 2. The molecule has 2 aliphatic heterocycles. The highest BCUT2D eigenvalue weighted by molar-refractivity contribution is 8.54. The molecule has 0 bridgehead atoms. The van der Waals surface area contributed by atoms with Crippen molar-refractivity contribution in [1.82, 2.24) is 39.0 Å². The van der Waals surface area contributed by atoms with Crippen molar-refractivity contribution in [3.8, 4) is 11.5 Å². The number of aliphatic hydroxyl groups is 2. The van der Waals surface area contributed by atoms with Gasteiger partial charge in [0.05, 0.1) is 37.5 Å². The lowest BCUT2D eigenvalue weighted by atomic mass is 10.1. The summed E-state index contributed by atoms with van der Waals surface area (Å²) in [7, 11) is 1.41. The molecule has 4 unspecified atom stereocenters. The number of fused-ring (bicyclic) bond motifs is 2. The minimum Gasteiger partial charge on any atom is -0.508 e. The van der Waals surface area contributed by atoms with Crippen molar-refractivity contribution in [3.05, 3.63) is 85.0 Å². The summed E-state index contributed by atoms with van der Waals surface area (Å²) in [5.74, 6) is 0.0800. The molecule has 58 heavy (non-hydrogen) atoms. The second-order valence-corrected chi connectivity index (χ2v) is 17.2. The van der Waals surface area contributed by atoms with Crippen molar-refractivity contribution in [2.24, 2.45) is 0 Å². The molecule has 0 saturated carbocycles. The third-order valence-electron chi connectivity index (χ3n) is 9.57. The molecule has 2 aromatic carbocycles. The Balaban J connectivity index is 1.01. The lowest BCUT2D eigenvalue weighted by Gasteiger charge is -2.28. The molecule has 304 valence electrons. The average molecular weight is 837 g/mol. The highest BCUT2D eigenvalue weighted by atomic mass is 32.7. The zero-order valence-corrected chi connectivity index (χ0v) is 32.2. The third kappa shape index (κ3) is 7.93. The number of carbonyl (C=O) groups excluding carboxylic acids is 1.